The Hall–Kier alpha value is -0.760. The normalized spacial score (nSPS) is 25.6. The number of hydrogen-bond donors (Lipinski definition) is 1. The minimum atomic E-state index is -0.431. The first-order chi connectivity index (χ1) is 4.34. The van der Waals surface area contributed by atoms with E-state index in [-0.39, 0.29) is 0 Å². The van der Waals surface area contributed by atoms with Crippen molar-refractivity contribution >= 4 is 0 Å². The minimum absolute atomic E-state index is 0.431. The highest BCUT2D eigenvalue weighted by atomic mass is 16.5. The molecule has 50 valence electrons. The van der Waals surface area contributed by atoms with Crippen LogP contribution in [-0.2, 0) is 4.74 Å². The number of rotatable bonds is 1. The molecule has 1 unspecified atom stereocenters. The fourth-order valence-electron chi connectivity index (χ4n) is 0.802. The second-order valence-corrected chi connectivity index (χ2v) is 1.95. The summed E-state index contributed by atoms with van der Waals surface area (Å²) in [5.74, 6) is 0.650. The molecule has 1 aliphatic carbocycles. The fraction of sp³-hybridized carbons (Fsp3) is 0.429. The van der Waals surface area contributed by atoms with E-state index in [4.69, 9.17) is 9.84 Å². The van der Waals surface area contributed by atoms with Gasteiger partial charge in [-0.3, -0.25) is 0 Å². The molecule has 1 aliphatic rings. The van der Waals surface area contributed by atoms with Gasteiger partial charge in [0.1, 0.15) is 11.9 Å². The van der Waals surface area contributed by atoms with E-state index < -0.39 is 6.10 Å². The van der Waals surface area contributed by atoms with Crippen molar-refractivity contribution in [1.82, 2.24) is 0 Å². The van der Waals surface area contributed by atoms with Crippen LogP contribution >= 0.6 is 0 Å². The lowest BCUT2D eigenvalue weighted by Gasteiger charge is -2.13. The standard InChI is InChI=1S/C7H10O2/c1-9-7-5-3-2-4-6(7)8/h2-3,5-6,8H,4H2,1H3. The Morgan fingerprint density at radius 2 is 2.56 bits per heavy atom. The molecule has 0 fully saturated rings. The summed E-state index contributed by atoms with van der Waals surface area (Å²) in [6.07, 6.45) is 5.80. The maximum atomic E-state index is 9.12. The van der Waals surface area contributed by atoms with Crippen LogP contribution in [0.3, 0.4) is 0 Å². The zero-order chi connectivity index (χ0) is 6.69. The van der Waals surface area contributed by atoms with Gasteiger partial charge in [-0.1, -0.05) is 12.2 Å². The average molecular weight is 126 g/mol. The van der Waals surface area contributed by atoms with Crippen LogP contribution < -0.4 is 0 Å². The molecule has 0 aromatic carbocycles. The molecule has 0 aliphatic heterocycles. The summed E-state index contributed by atoms with van der Waals surface area (Å²) < 4.78 is 4.86. The molecule has 1 rings (SSSR count). The van der Waals surface area contributed by atoms with Crippen molar-refractivity contribution in [1.29, 1.82) is 0 Å². The van der Waals surface area contributed by atoms with E-state index in [1.165, 1.54) is 0 Å². The quantitative estimate of drug-likeness (QED) is 0.564. The van der Waals surface area contributed by atoms with Gasteiger partial charge in [-0.2, -0.15) is 0 Å². The van der Waals surface area contributed by atoms with Crippen LogP contribution in [0.2, 0.25) is 0 Å². The van der Waals surface area contributed by atoms with Gasteiger partial charge in [-0.25, -0.2) is 0 Å². The molecular weight excluding hydrogens is 116 g/mol. The van der Waals surface area contributed by atoms with Gasteiger partial charge in [-0.05, 0) is 12.5 Å². The van der Waals surface area contributed by atoms with E-state index in [0.717, 1.165) is 0 Å². The van der Waals surface area contributed by atoms with Crippen molar-refractivity contribution in [2.75, 3.05) is 7.11 Å². The number of aliphatic hydroxyl groups is 1. The van der Waals surface area contributed by atoms with E-state index in [0.29, 0.717) is 12.2 Å². The topological polar surface area (TPSA) is 29.5 Å². The number of methoxy groups -OCH3 is 1. The zero-order valence-corrected chi connectivity index (χ0v) is 5.37. The number of allylic oxidation sites excluding steroid dienone is 2. The van der Waals surface area contributed by atoms with Crippen LogP contribution in [0.15, 0.2) is 24.0 Å². The minimum Gasteiger partial charge on any atom is -0.498 e. The molecule has 0 amide bonds. The Morgan fingerprint density at radius 3 is 3.00 bits per heavy atom. The Morgan fingerprint density at radius 1 is 1.78 bits per heavy atom. The Balaban J connectivity index is 2.63. The molecule has 0 saturated heterocycles. The highest BCUT2D eigenvalue weighted by molar-refractivity contribution is 5.17. The van der Waals surface area contributed by atoms with Crippen molar-refractivity contribution in [3.63, 3.8) is 0 Å². The van der Waals surface area contributed by atoms with Crippen LogP contribution in [0.1, 0.15) is 6.42 Å². The first-order valence-electron chi connectivity index (χ1n) is 2.93. The van der Waals surface area contributed by atoms with E-state index in [9.17, 15) is 0 Å². The summed E-state index contributed by atoms with van der Waals surface area (Å²) in [6.45, 7) is 0. The molecule has 0 aromatic rings. The third-order valence-corrected chi connectivity index (χ3v) is 1.32. The lowest BCUT2D eigenvalue weighted by Crippen LogP contribution is -2.12. The predicted octanol–water partition coefficient (Wildman–Crippen LogP) is 0.837. The summed E-state index contributed by atoms with van der Waals surface area (Å²) >= 11 is 0. The molecule has 0 spiro atoms. The van der Waals surface area contributed by atoms with E-state index in [2.05, 4.69) is 0 Å². The van der Waals surface area contributed by atoms with Crippen LogP contribution in [0, 0.1) is 0 Å². The van der Waals surface area contributed by atoms with Crippen LogP contribution in [0.25, 0.3) is 0 Å². The first kappa shape index (κ1) is 6.36. The summed E-state index contributed by atoms with van der Waals surface area (Å²) in [7, 11) is 1.56. The highest BCUT2D eigenvalue weighted by Crippen LogP contribution is 2.12. The maximum absolute atomic E-state index is 9.12. The Labute approximate surface area is 54.5 Å². The lowest BCUT2D eigenvalue weighted by atomic mass is 10.1. The molecule has 9 heavy (non-hydrogen) atoms. The van der Waals surface area contributed by atoms with Crippen molar-refractivity contribution < 1.29 is 9.84 Å². The van der Waals surface area contributed by atoms with Gasteiger partial charge in [0.15, 0.2) is 0 Å². The second kappa shape index (κ2) is 2.69. The monoisotopic (exact) mass is 126 g/mol. The molecule has 0 saturated carbocycles. The van der Waals surface area contributed by atoms with Crippen molar-refractivity contribution in [3.05, 3.63) is 24.0 Å². The van der Waals surface area contributed by atoms with Crippen LogP contribution in [0.4, 0.5) is 0 Å². The van der Waals surface area contributed by atoms with Gasteiger partial charge in [0.2, 0.25) is 0 Å². The van der Waals surface area contributed by atoms with Crippen molar-refractivity contribution in [2.24, 2.45) is 0 Å². The second-order valence-electron chi connectivity index (χ2n) is 1.95. The molecule has 0 radical (unpaired) electrons. The summed E-state index contributed by atoms with van der Waals surface area (Å²) in [5, 5.41) is 9.12. The molecule has 0 bridgehead atoms. The first-order valence-corrected chi connectivity index (χ1v) is 2.93. The SMILES string of the molecule is COC1=CC=CCC1O. The molecule has 1 atom stereocenters. The molecule has 0 aromatic heterocycles. The maximum Gasteiger partial charge on any atom is 0.124 e. The molecule has 2 heteroatoms. The number of ether oxygens (including phenoxy) is 1. The average Bonchev–Trinajstić information content (AvgIpc) is 1.89. The lowest BCUT2D eigenvalue weighted by molar-refractivity contribution is 0.128. The molecule has 0 heterocycles. The zero-order valence-electron chi connectivity index (χ0n) is 5.37. The fourth-order valence-corrected chi connectivity index (χ4v) is 0.802. The van der Waals surface area contributed by atoms with Crippen molar-refractivity contribution in [2.45, 2.75) is 12.5 Å². The Bertz CT molecular complexity index is 147. The summed E-state index contributed by atoms with van der Waals surface area (Å²) in [6, 6.07) is 0. The van der Waals surface area contributed by atoms with Gasteiger partial charge < -0.3 is 9.84 Å². The van der Waals surface area contributed by atoms with Gasteiger partial charge in [0.25, 0.3) is 0 Å². The van der Waals surface area contributed by atoms with Gasteiger partial charge in [0, 0.05) is 0 Å². The number of aliphatic hydroxyl groups excluding tert-OH is 1. The summed E-state index contributed by atoms with van der Waals surface area (Å²) in [5.41, 5.74) is 0. The summed E-state index contributed by atoms with van der Waals surface area (Å²) in [4.78, 5) is 0. The third-order valence-electron chi connectivity index (χ3n) is 1.32. The van der Waals surface area contributed by atoms with Gasteiger partial charge in [-0.15, -0.1) is 0 Å². The molecular formula is C7H10O2. The van der Waals surface area contributed by atoms with Crippen molar-refractivity contribution in [3.8, 4) is 0 Å². The van der Waals surface area contributed by atoms with Crippen LogP contribution in [0.5, 0.6) is 0 Å². The molecule has 1 N–H and O–H groups in total. The largest absolute Gasteiger partial charge is 0.498 e. The van der Waals surface area contributed by atoms with Crippen LogP contribution in [-0.4, -0.2) is 18.3 Å². The smallest absolute Gasteiger partial charge is 0.124 e. The van der Waals surface area contributed by atoms with E-state index >= 15 is 0 Å². The number of hydrogen-bond acceptors (Lipinski definition) is 2. The molecule has 2 nitrogen and oxygen atoms in total. The van der Waals surface area contributed by atoms with Gasteiger partial charge in [0.05, 0.1) is 7.11 Å². The van der Waals surface area contributed by atoms with E-state index in [1.54, 1.807) is 13.2 Å². The predicted molar refractivity (Wildman–Crippen MR) is 34.9 cm³/mol. The van der Waals surface area contributed by atoms with Gasteiger partial charge >= 0.3 is 0 Å². The van der Waals surface area contributed by atoms with E-state index in [1.807, 2.05) is 12.2 Å². The highest BCUT2D eigenvalue weighted by Gasteiger charge is 2.10. The Kier molecular flexibility index (Phi) is 1.90. The third kappa shape index (κ3) is 1.33.